The number of anilines is 2. The number of aryl methyl sites for hydroxylation is 2. The van der Waals surface area contributed by atoms with E-state index < -0.39 is 17.1 Å². The molecule has 7 nitrogen and oxygen atoms in total. The molecule has 1 aliphatic heterocycles. The van der Waals surface area contributed by atoms with Gasteiger partial charge in [0, 0.05) is 27.4 Å². The summed E-state index contributed by atoms with van der Waals surface area (Å²) in [6.07, 6.45) is 1.72. The molecule has 3 aromatic carbocycles. The Labute approximate surface area is 246 Å². The first kappa shape index (κ1) is 28.1. The molecule has 1 atom stereocenters. The van der Waals surface area contributed by atoms with Crippen molar-refractivity contribution in [3.8, 4) is 0 Å². The monoisotopic (exact) mass is 581 g/mol. The zero-order chi connectivity index (χ0) is 28.9. The lowest BCUT2D eigenvalue weighted by molar-refractivity contribution is -0.121. The van der Waals surface area contributed by atoms with Gasteiger partial charge in [-0.15, -0.1) is 23.1 Å². The topological polar surface area (TPSA) is 95.6 Å². The van der Waals surface area contributed by atoms with Gasteiger partial charge in [0.2, 0.25) is 11.8 Å². The third-order valence-electron chi connectivity index (χ3n) is 6.58. The van der Waals surface area contributed by atoms with E-state index in [4.69, 9.17) is 0 Å². The third kappa shape index (κ3) is 6.65. The van der Waals surface area contributed by atoms with Gasteiger partial charge < -0.3 is 10.6 Å². The Bertz CT molecular complexity index is 1650. The Balaban J connectivity index is 1.30. The zero-order valence-corrected chi connectivity index (χ0v) is 24.1. The van der Waals surface area contributed by atoms with Crippen LogP contribution in [0.15, 0.2) is 101 Å². The van der Waals surface area contributed by atoms with Gasteiger partial charge >= 0.3 is 0 Å². The first-order valence-electron chi connectivity index (χ1n) is 12.9. The van der Waals surface area contributed by atoms with Gasteiger partial charge in [-0.25, -0.2) is 4.90 Å². The van der Waals surface area contributed by atoms with Crippen molar-refractivity contribution in [1.29, 1.82) is 0 Å². The second-order valence-electron chi connectivity index (χ2n) is 9.52. The SMILES string of the molecule is Cc1ccc(N2C(=O)C[C@@H](Sc3cccc(NC(=O)/C(=C\c4cccs4)NC(=O)c4ccccc4)c3)C2=O)cc1C. The highest BCUT2D eigenvalue weighted by Gasteiger charge is 2.40. The maximum absolute atomic E-state index is 13.3. The highest BCUT2D eigenvalue weighted by molar-refractivity contribution is 8.00. The van der Waals surface area contributed by atoms with Gasteiger partial charge in [-0.1, -0.05) is 36.4 Å². The molecule has 41 heavy (non-hydrogen) atoms. The summed E-state index contributed by atoms with van der Waals surface area (Å²) in [7, 11) is 0. The van der Waals surface area contributed by atoms with Crippen molar-refractivity contribution in [2.24, 2.45) is 0 Å². The van der Waals surface area contributed by atoms with Crippen molar-refractivity contribution in [2.75, 3.05) is 10.2 Å². The van der Waals surface area contributed by atoms with Crippen LogP contribution in [0.1, 0.15) is 32.8 Å². The Kier molecular flexibility index (Phi) is 8.47. The molecule has 5 rings (SSSR count). The zero-order valence-electron chi connectivity index (χ0n) is 22.4. The lowest BCUT2D eigenvalue weighted by Crippen LogP contribution is -2.31. The molecule has 1 aliphatic rings. The maximum Gasteiger partial charge on any atom is 0.272 e. The molecule has 0 spiro atoms. The van der Waals surface area contributed by atoms with Gasteiger partial charge in [0.05, 0.1) is 10.9 Å². The van der Waals surface area contributed by atoms with Crippen molar-refractivity contribution in [3.63, 3.8) is 0 Å². The molecule has 0 unspecified atom stereocenters. The Hall–Kier alpha value is -4.47. The largest absolute Gasteiger partial charge is 0.321 e. The fourth-order valence-corrected chi connectivity index (χ4v) is 6.07. The molecule has 4 amide bonds. The molecule has 0 saturated carbocycles. The fourth-order valence-electron chi connectivity index (χ4n) is 4.30. The lowest BCUT2D eigenvalue weighted by Gasteiger charge is -2.16. The van der Waals surface area contributed by atoms with Crippen LogP contribution >= 0.6 is 23.1 Å². The number of nitrogens with one attached hydrogen (secondary N) is 2. The minimum absolute atomic E-state index is 0.0895. The second-order valence-corrected chi connectivity index (χ2v) is 11.8. The molecule has 2 N–H and O–H groups in total. The second kappa shape index (κ2) is 12.4. The van der Waals surface area contributed by atoms with Gasteiger partial charge in [-0.3, -0.25) is 19.2 Å². The van der Waals surface area contributed by atoms with Crippen molar-refractivity contribution in [2.45, 2.75) is 30.4 Å². The minimum atomic E-state index is -0.575. The number of carbonyl (C=O) groups is 4. The molecule has 0 radical (unpaired) electrons. The Morgan fingerprint density at radius 1 is 0.927 bits per heavy atom. The van der Waals surface area contributed by atoms with E-state index in [9.17, 15) is 19.2 Å². The molecule has 1 saturated heterocycles. The third-order valence-corrected chi connectivity index (χ3v) is 8.58. The number of benzene rings is 3. The highest BCUT2D eigenvalue weighted by atomic mass is 32.2. The van der Waals surface area contributed by atoms with E-state index >= 15 is 0 Å². The van der Waals surface area contributed by atoms with E-state index in [2.05, 4.69) is 10.6 Å². The number of carbonyl (C=O) groups excluding carboxylic acids is 4. The Morgan fingerprint density at radius 3 is 2.46 bits per heavy atom. The number of nitrogens with zero attached hydrogens (tertiary/aromatic N) is 1. The van der Waals surface area contributed by atoms with Crippen LogP contribution in [-0.4, -0.2) is 28.9 Å². The average molecular weight is 582 g/mol. The van der Waals surface area contributed by atoms with E-state index in [0.29, 0.717) is 16.9 Å². The summed E-state index contributed by atoms with van der Waals surface area (Å²) >= 11 is 2.73. The number of rotatable bonds is 8. The van der Waals surface area contributed by atoms with Crippen LogP contribution < -0.4 is 15.5 Å². The Morgan fingerprint density at radius 2 is 1.73 bits per heavy atom. The maximum atomic E-state index is 13.3. The van der Waals surface area contributed by atoms with Crippen molar-refractivity contribution in [1.82, 2.24) is 5.32 Å². The number of hydrogen-bond acceptors (Lipinski definition) is 6. The molecule has 1 fully saturated rings. The van der Waals surface area contributed by atoms with E-state index in [0.717, 1.165) is 20.9 Å². The first-order chi connectivity index (χ1) is 19.8. The predicted octanol–water partition coefficient (Wildman–Crippen LogP) is 6.20. The molecular formula is C32H27N3O4S2. The predicted molar refractivity (Wildman–Crippen MR) is 164 cm³/mol. The van der Waals surface area contributed by atoms with E-state index in [1.165, 1.54) is 28.0 Å². The summed E-state index contributed by atoms with van der Waals surface area (Å²) in [5.74, 6) is -1.39. The van der Waals surface area contributed by atoms with Crippen LogP contribution in [0.2, 0.25) is 0 Å². The summed E-state index contributed by atoms with van der Waals surface area (Å²) < 4.78 is 0. The van der Waals surface area contributed by atoms with Gasteiger partial charge in [0.1, 0.15) is 5.70 Å². The summed E-state index contributed by atoms with van der Waals surface area (Å²) in [5.41, 5.74) is 3.70. The minimum Gasteiger partial charge on any atom is -0.321 e. The van der Waals surface area contributed by atoms with Crippen molar-refractivity contribution < 1.29 is 19.2 Å². The number of thioether (sulfide) groups is 1. The van der Waals surface area contributed by atoms with Crippen LogP contribution in [-0.2, 0) is 14.4 Å². The number of amides is 4. The summed E-state index contributed by atoms with van der Waals surface area (Å²) in [6.45, 7) is 3.93. The summed E-state index contributed by atoms with van der Waals surface area (Å²) in [6, 6.07) is 25.0. The van der Waals surface area contributed by atoms with Gasteiger partial charge in [-0.05, 0) is 85.0 Å². The van der Waals surface area contributed by atoms with E-state index in [1.54, 1.807) is 54.6 Å². The van der Waals surface area contributed by atoms with Gasteiger partial charge in [0.15, 0.2) is 0 Å². The smallest absolute Gasteiger partial charge is 0.272 e. The summed E-state index contributed by atoms with van der Waals surface area (Å²) in [4.78, 5) is 54.9. The molecule has 0 aliphatic carbocycles. The molecule has 9 heteroatoms. The number of hydrogen-bond donors (Lipinski definition) is 2. The fraction of sp³-hybridized carbons (Fsp3) is 0.125. The van der Waals surface area contributed by atoms with Crippen molar-refractivity contribution >= 4 is 64.2 Å². The van der Waals surface area contributed by atoms with Crippen LogP contribution in [0.3, 0.4) is 0 Å². The average Bonchev–Trinajstić information content (AvgIpc) is 3.57. The van der Waals surface area contributed by atoms with E-state index in [1.807, 2.05) is 55.6 Å². The van der Waals surface area contributed by atoms with Crippen LogP contribution in [0, 0.1) is 13.8 Å². The van der Waals surface area contributed by atoms with Crippen LogP contribution in [0.4, 0.5) is 11.4 Å². The van der Waals surface area contributed by atoms with Crippen LogP contribution in [0.5, 0.6) is 0 Å². The highest BCUT2D eigenvalue weighted by Crippen LogP contribution is 2.35. The molecule has 2 heterocycles. The molecule has 0 bridgehead atoms. The van der Waals surface area contributed by atoms with Gasteiger partial charge in [0.25, 0.3) is 11.8 Å². The normalized spacial score (nSPS) is 15.2. The molecule has 206 valence electrons. The number of thiophene rings is 1. The van der Waals surface area contributed by atoms with Gasteiger partial charge in [-0.2, -0.15) is 0 Å². The quantitative estimate of drug-likeness (QED) is 0.191. The molecule has 4 aromatic rings. The first-order valence-corrected chi connectivity index (χ1v) is 14.7. The van der Waals surface area contributed by atoms with Crippen molar-refractivity contribution in [3.05, 3.63) is 118 Å². The number of imide groups is 1. The van der Waals surface area contributed by atoms with E-state index in [-0.39, 0.29) is 23.9 Å². The molecular weight excluding hydrogens is 555 g/mol. The lowest BCUT2D eigenvalue weighted by atomic mass is 10.1. The standard InChI is InChI=1S/C32H27N3O4S2/c1-20-13-14-24(16-21(20)2)35-29(36)19-28(32(35)39)41-26-11-6-10-23(17-26)33-31(38)27(18-25-12-7-15-40-25)34-30(37)22-8-4-3-5-9-22/h3-18,28H,19H2,1-2H3,(H,33,38)(H,34,37)/b27-18+/t28-/m1/s1. The van der Waals surface area contributed by atoms with Crippen LogP contribution in [0.25, 0.3) is 6.08 Å². The summed E-state index contributed by atoms with van der Waals surface area (Å²) in [5, 5.41) is 6.89. The molecule has 1 aromatic heterocycles.